The molecular weight excluding hydrogens is 460 g/mol. The van der Waals surface area contributed by atoms with E-state index in [9.17, 15) is 19.2 Å². The van der Waals surface area contributed by atoms with Gasteiger partial charge in [-0.05, 0) is 39.0 Å². The fraction of sp³-hybridized carbons (Fsp3) is 0.0303. The Bertz CT molecular complexity index is 1540. The fourth-order valence-electron chi connectivity index (χ4n) is 4.77. The van der Waals surface area contributed by atoms with E-state index in [1.54, 1.807) is 48.5 Å². The van der Waals surface area contributed by atoms with Gasteiger partial charge in [-0.15, -0.1) is 0 Å². The van der Waals surface area contributed by atoms with Crippen molar-refractivity contribution in [3.8, 4) is 0 Å². The minimum atomic E-state index is -0.135. The average Bonchev–Trinajstić information content (AvgIpc) is 3.38. The van der Waals surface area contributed by atoms with Crippen LogP contribution in [0.5, 0.6) is 0 Å². The van der Waals surface area contributed by atoms with Crippen molar-refractivity contribution in [3.63, 3.8) is 0 Å². The van der Waals surface area contributed by atoms with Gasteiger partial charge in [0.25, 0.3) is 0 Å². The molecule has 1 unspecified atom stereocenters. The molecule has 1 aliphatic rings. The molecule has 37 heavy (non-hydrogen) atoms. The third kappa shape index (κ3) is 4.65. The van der Waals surface area contributed by atoms with Gasteiger partial charge < -0.3 is 0 Å². The van der Waals surface area contributed by atoms with E-state index in [0.717, 1.165) is 64.1 Å². The van der Waals surface area contributed by atoms with Crippen LogP contribution in [0.15, 0.2) is 103 Å². The first-order chi connectivity index (χ1) is 18.1. The van der Waals surface area contributed by atoms with E-state index in [1.807, 2.05) is 48.5 Å². The van der Waals surface area contributed by atoms with E-state index in [2.05, 4.69) is 6.08 Å². The molecule has 0 amide bonds. The summed E-state index contributed by atoms with van der Waals surface area (Å²) in [4.78, 5) is 45.2. The zero-order valence-electron chi connectivity index (χ0n) is 19.8. The highest BCUT2D eigenvalue weighted by atomic mass is 16.1. The van der Waals surface area contributed by atoms with Gasteiger partial charge in [0.2, 0.25) is 0 Å². The largest absolute Gasteiger partial charge is 0.298 e. The molecule has 0 spiro atoms. The van der Waals surface area contributed by atoms with Crippen LogP contribution in [0.3, 0.4) is 0 Å². The molecule has 0 heterocycles. The van der Waals surface area contributed by atoms with Crippen LogP contribution in [0.1, 0.15) is 69.6 Å². The lowest BCUT2D eigenvalue weighted by atomic mass is 9.85. The van der Waals surface area contributed by atoms with Crippen molar-refractivity contribution in [2.24, 2.45) is 0 Å². The van der Waals surface area contributed by atoms with Crippen LogP contribution in [-0.4, -0.2) is 25.1 Å². The summed E-state index contributed by atoms with van der Waals surface area (Å²) in [7, 11) is 0. The van der Waals surface area contributed by atoms with Crippen LogP contribution in [0.2, 0.25) is 0 Å². The summed E-state index contributed by atoms with van der Waals surface area (Å²) in [6.45, 7) is 0. The van der Waals surface area contributed by atoms with Crippen LogP contribution < -0.4 is 0 Å². The third-order valence-corrected chi connectivity index (χ3v) is 6.67. The number of hydrogen-bond donors (Lipinski definition) is 0. The van der Waals surface area contributed by atoms with Gasteiger partial charge in [-0.25, -0.2) is 0 Å². The number of carbonyl (C=O) groups is 4. The van der Waals surface area contributed by atoms with Crippen molar-refractivity contribution < 1.29 is 19.2 Å². The Morgan fingerprint density at radius 2 is 0.811 bits per heavy atom. The van der Waals surface area contributed by atoms with Gasteiger partial charge in [-0.3, -0.25) is 19.2 Å². The predicted molar refractivity (Wildman–Crippen MR) is 145 cm³/mol. The van der Waals surface area contributed by atoms with Crippen molar-refractivity contribution in [1.29, 1.82) is 0 Å². The maximum absolute atomic E-state index is 11.3. The molecule has 0 radical (unpaired) electrons. The molecule has 0 aliphatic heterocycles. The molecule has 4 nitrogen and oxygen atoms in total. The second kappa shape index (κ2) is 10.3. The van der Waals surface area contributed by atoms with Crippen molar-refractivity contribution >= 4 is 41.9 Å². The van der Waals surface area contributed by atoms with Crippen LogP contribution in [0, 0.1) is 0 Å². The number of rotatable bonds is 8. The van der Waals surface area contributed by atoms with Crippen LogP contribution in [0.25, 0.3) is 16.7 Å². The topological polar surface area (TPSA) is 68.3 Å². The van der Waals surface area contributed by atoms with E-state index in [0.29, 0.717) is 22.3 Å². The van der Waals surface area contributed by atoms with E-state index < -0.39 is 0 Å². The second-order valence-corrected chi connectivity index (χ2v) is 8.85. The van der Waals surface area contributed by atoms with Crippen LogP contribution >= 0.6 is 0 Å². The Morgan fingerprint density at radius 1 is 0.432 bits per heavy atom. The average molecular weight is 483 g/mol. The van der Waals surface area contributed by atoms with Gasteiger partial charge >= 0.3 is 0 Å². The maximum Gasteiger partial charge on any atom is 0.150 e. The summed E-state index contributed by atoms with van der Waals surface area (Å²) in [5.74, 6) is -0.135. The first kappa shape index (κ1) is 23.8. The standard InChI is InChI=1S/C33H22O4/c34-18-22-1-9-26(10-2-22)30-17-31(27-11-3-23(19-35)4-12-27)33(29-15-7-25(21-37)8-16-29)32(30)28-13-5-24(20-36)6-14-28/h1-21,30H. The molecule has 1 aliphatic carbocycles. The normalized spacial score (nSPS) is 14.7. The molecule has 0 bridgehead atoms. The van der Waals surface area contributed by atoms with Crippen molar-refractivity contribution in [2.45, 2.75) is 5.92 Å². The van der Waals surface area contributed by atoms with E-state index >= 15 is 0 Å². The zero-order chi connectivity index (χ0) is 25.8. The Balaban J connectivity index is 1.78. The molecule has 0 saturated carbocycles. The molecule has 0 aromatic heterocycles. The predicted octanol–water partition coefficient (Wildman–Crippen LogP) is 6.73. The number of allylic oxidation sites excluding steroid dienone is 4. The fourth-order valence-corrected chi connectivity index (χ4v) is 4.77. The van der Waals surface area contributed by atoms with Gasteiger partial charge in [-0.2, -0.15) is 0 Å². The Hall–Kier alpha value is -4.96. The summed E-state index contributed by atoms with van der Waals surface area (Å²) >= 11 is 0. The minimum Gasteiger partial charge on any atom is -0.298 e. The van der Waals surface area contributed by atoms with E-state index in [4.69, 9.17) is 0 Å². The van der Waals surface area contributed by atoms with Gasteiger partial charge in [0, 0.05) is 28.2 Å². The van der Waals surface area contributed by atoms with E-state index in [1.165, 1.54) is 0 Å². The highest BCUT2D eigenvalue weighted by Gasteiger charge is 2.30. The molecule has 0 N–H and O–H groups in total. The number of carbonyl (C=O) groups excluding carboxylic acids is 4. The van der Waals surface area contributed by atoms with Crippen molar-refractivity contribution in [2.75, 3.05) is 0 Å². The lowest BCUT2D eigenvalue weighted by Crippen LogP contribution is -1.99. The summed E-state index contributed by atoms with van der Waals surface area (Å²) in [5, 5.41) is 0. The lowest BCUT2D eigenvalue weighted by Gasteiger charge is -2.18. The monoisotopic (exact) mass is 482 g/mol. The molecule has 5 rings (SSSR count). The SMILES string of the molecule is O=Cc1ccc(C2=CC(c3ccc(C=O)cc3)C(c3ccc(C=O)cc3)=C2c2ccc(C=O)cc2)cc1. The Labute approximate surface area is 214 Å². The minimum absolute atomic E-state index is 0.135. The summed E-state index contributed by atoms with van der Waals surface area (Å²) in [5.41, 5.74) is 9.27. The first-order valence-corrected chi connectivity index (χ1v) is 11.8. The van der Waals surface area contributed by atoms with Gasteiger partial charge in [0.1, 0.15) is 25.1 Å². The zero-order valence-corrected chi connectivity index (χ0v) is 19.8. The molecule has 0 saturated heterocycles. The number of aldehydes is 4. The highest BCUT2D eigenvalue weighted by molar-refractivity contribution is 6.20. The first-order valence-electron chi connectivity index (χ1n) is 11.8. The Kier molecular flexibility index (Phi) is 6.64. The molecule has 1 atom stereocenters. The summed E-state index contributed by atoms with van der Waals surface area (Å²) in [6.07, 6.45) is 5.47. The van der Waals surface area contributed by atoms with Gasteiger partial charge in [0.05, 0.1) is 0 Å². The molecule has 4 heteroatoms. The molecule has 4 aromatic rings. The smallest absolute Gasteiger partial charge is 0.150 e. The second-order valence-electron chi connectivity index (χ2n) is 8.85. The van der Waals surface area contributed by atoms with E-state index in [-0.39, 0.29) is 5.92 Å². The highest BCUT2D eigenvalue weighted by Crippen LogP contribution is 2.51. The lowest BCUT2D eigenvalue weighted by molar-refractivity contribution is 0.111. The summed E-state index contributed by atoms with van der Waals surface area (Å²) in [6, 6.07) is 29.9. The third-order valence-electron chi connectivity index (χ3n) is 6.67. The van der Waals surface area contributed by atoms with Crippen molar-refractivity contribution in [3.05, 3.63) is 148 Å². The quantitative estimate of drug-likeness (QED) is 0.261. The van der Waals surface area contributed by atoms with Gasteiger partial charge in [0.15, 0.2) is 0 Å². The van der Waals surface area contributed by atoms with Crippen LogP contribution in [0.4, 0.5) is 0 Å². The van der Waals surface area contributed by atoms with Crippen molar-refractivity contribution in [1.82, 2.24) is 0 Å². The number of hydrogen-bond acceptors (Lipinski definition) is 4. The molecule has 0 fully saturated rings. The Morgan fingerprint density at radius 3 is 1.24 bits per heavy atom. The molecular formula is C33H22O4. The maximum atomic E-state index is 11.3. The van der Waals surface area contributed by atoms with Crippen LogP contribution in [-0.2, 0) is 0 Å². The number of benzene rings is 4. The van der Waals surface area contributed by atoms with Gasteiger partial charge in [-0.1, -0.05) is 103 Å². The molecule has 4 aromatic carbocycles. The molecule has 178 valence electrons. The summed E-state index contributed by atoms with van der Waals surface area (Å²) < 4.78 is 0.